The van der Waals surface area contributed by atoms with E-state index in [-0.39, 0.29) is 5.91 Å². The Bertz CT molecular complexity index is 1420. The summed E-state index contributed by atoms with van der Waals surface area (Å²) in [7, 11) is 0. The van der Waals surface area contributed by atoms with Crippen LogP contribution >= 0.6 is 0 Å². The molecule has 30 heavy (non-hydrogen) atoms. The van der Waals surface area contributed by atoms with Crippen molar-refractivity contribution in [1.82, 2.24) is 18.9 Å². The molecule has 0 spiro atoms. The highest BCUT2D eigenvalue weighted by Crippen LogP contribution is 2.26. The summed E-state index contributed by atoms with van der Waals surface area (Å²) in [6.45, 7) is 4.11. The van der Waals surface area contributed by atoms with Crippen LogP contribution in [0.3, 0.4) is 0 Å². The first-order chi connectivity index (χ1) is 14.6. The number of pyridine rings is 1. The molecule has 5 rings (SSSR count). The van der Waals surface area contributed by atoms with E-state index in [9.17, 15) is 4.79 Å². The maximum atomic E-state index is 12.9. The van der Waals surface area contributed by atoms with Crippen LogP contribution in [0, 0.1) is 13.8 Å². The van der Waals surface area contributed by atoms with E-state index < -0.39 is 0 Å². The minimum atomic E-state index is -0.152. The van der Waals surface area contributed by atoms with Crippen LogP contribution in [-0.4, -0.2) is 24.8 Å². The van der Waals surface area contributed by atoms with Crippen molar-refractivity contribution in [3.8, 4) is 11.3 Å². The van der Waals surface area contributed by atoms with Gasteiger partial charge in [0.05, 0.1) is 22.4 Å². The number of carbonyl (C=O) groups excluding carboxylic acids is 1. The van der Waals surface area contributed by atoms with Gasteiger partial charge in [0.15, 0.2) is 0 Å². The number of aryl methyl sites for hydroxylation is 2. The highest BCUT2D eigenvalue weighted by atomic mass is 16.1. The van der Waals surface area contributed by atoms with Crippen LogP contribution in [0.2, 0.25) is 0 Å². The first-order valence-electron chi connectivity index (χ1n) is 9.80. The van der Waals surface area contributed by atoms with Crippen molar-refractivity contribution in [2.75, 3.05) is 0 Å². The van der Waals surface area contributed by atoms with Gasteiger partial charge >= 0.3 is 0 Å². The van der Waals surface area contributed by atoms with Crippen molar-refractivity contribution >= 4 is 28.7 Å². The highest BCUT2D eigenvalue weighted by Gasteiger charge is 2.13. The van der Waals surface area contributed by atoms with E-state index in [1.54, 1.807) is 17.0 Å². The number of allylic oxidation sites excluding steroid dienone is 1. The third-order valence-corrected chi connectivity index (χ3v) is 5.22. The topological polar surface area (TPSA) is 52.2 Å². The van der Waals surface area contributed by atoms with Crippen molar-refractivity contribution in [3.05, 3.63) is 96.1 Å². The monoisotopic (exact) mass is 392 g/mol. The summed E-state index contributed by atoms with van der Waals surface area (Å²) >= 11 is 0. The van der Waals surface area contributed by atoms with Gasteiger partial charge in [0, 0.05) is 17.8 Å². The Morgan fingerprint density at radius 1 is 0.967 bits per heavy atom. The molecule has 2 aromatic carbocycles. The number of hydrogen-bond acceptors (Lipinski definition) is 3. The molecule has 0 aliphatic heterocycles. The number of rotatable bonds is 3. The molecule has 5 aromatic rings. The van der Waals surface area contributed by atoms with Crippen molar-refractivity contribution in [3.63, 3.8) is 0 Å². The number of aromatic nitrogens is 4. The van der Waals surface area contributed by atoms with Gasteiger partial charge in [0.2, 0.25) is 0 Å². The molecular weight excluding hydrogens is 372 g/mol. The van der Waals surface area contributed by atoms with Crippen LogP contribution in [0.25, 0.3) is 34.0 Å². The van der Waals surface area contributed by atoms with Gasteiger partial charge in [-0.3, -0.25) is 13.8 Å². The summed E-state index contributed by atoms with van der Waals surface area (Å²) in [5.74, 6) is -0.152. The summed E-state index contributed by atoms with van der Waals surface area (Å²) in [6, 6.07) is 19.9. The molecule has 0 atom stereocenters. The number of imidazole rings is 2. The van der Waals surface area contributed by atoms with E-state index >= 15 is 0 Å². The number of hydrogen-bond donors (Lipinski definition) is 0. The Balaban J connectivity index is 1.61. The van der Waals surface area contributed by atoms with Gasteiger partial charge < -0.3 is 0 Å². The fraction of sp³-hybridized carbons (Fsp3) is 0.0800. The number of para-hydroxylation sites is 2. The molecule has 0 N–H and O–H groups in total. The van der Waals surface area contributed by atoms with Gasteiger partial charge in [-0.25, -0.2) is 9.97 Å². The molecule has 0 saturated heterocycles. The quantitative estimate of drug-likeness (QED) is 0.390. The number of benzene rings is 2. The summed E-state index contributed by atoms with van der Waals surface area (Å²) in [4.78, 5) is 22.1. The summed E-state index contributed by atoms with van der Waals surface area (Å²) < 4.78 is 3.57. The number of nitrogens with zero attached hydrogens (tertiary/aromatic N) is 4. The molecule has 3 aromatic heterocycles. The summed E-state index contributed by atoms with van der Waals surface area (Å²) in [6.07, 6.45) is 6.97. The van der Waals surface area contributed by atoms with Gasteiger partial charge in [-0.2, -0.15) is 0 Å². The maximum Gasteiger partial charge on any atom is 0.256 e. The standard InChI is InChI=1S/C25H20N4O/c1-17-7-9-19(10-8-17)25-22(28-14-13-18(2)15-23(28)27-25)11-12-24(30)29-16-26-20-5-3-4-6-21(20)29/h3-16H,1-2H3/b12-11+. The largest absolute Gasteiger partial charge is 0.300 e. The fourth-order valence-corrected chi connectivity index (χ4v) is 3.61. The van der Waals surface area contributed by atoms with Crippen molar-refractivity contribution in [1.29, 1.82) is 0 Å². The van der Waals surface area contributed by atoms with Crippen molar-refractivity contribution in [2.45, 2.75) is 13.8 Å². The Kier molecular flexibility index (Phi) is 4.29. The molecule has 5 heteroatoms. The average molecular weight is 392 g/mol. The lowest BCUT2D eigenvalue weighted by Gasteiger charge is -2.03. The van der Waals surface area contributed by atoms with Crippen molar-refractivity contribution in [2.24, 2.45) is 0 Å². The van der Waals surface area contributed by atoms with Crippen LogP contribution in [0.5, 0.6) is 0 Å². The first-order valence-corrected chi connectivity index (χ1v) is 9.80. The van der Waals surface area contributed by atoms with Gasteiger partial charge in [0.1, 0.15) is 12.0 Å². The van der Waals surface area contributed by atoms with Crippen LogP contribution in [0.4, 0.5) is 0 Å². The molecule has 5 nitrogen and oxygen atoms in total. The highest BCUT2D eigenvalue weighted by molar-refractivity contribution is 5.99. The third kappa shape index (κ3) is 3.10. The van der Waals surface area contributed by atoms with E-state index in [2.05, 4.69) is 36.2 Å². The molecule has 0 saturated carbocycles. The SMILES string of the molecule is Cc1ccc(-c2nc3cc(C)ccn3c2/C=C/C(=O)n2cnc3ccccc32)cc1. The fourth-order valence-electron chi connectivity index (χ4n) is 3.61. The molecule has 0 aliphatic carbocycles. The minimum Gasteiger partial charge on any atom is -0.300 e. The zero-order valence-corrected chi connectivity index (χ0v) is 16.8. The summed E-state index contributed by atoms with van der Waals surface area (Å²) in [5.41, 5.74) is 7.50. The Labute approximate surface area is 174 Å². The maximum absolute atomic E-state index is 12.9. The lowest BCUT2D eigenvalue weighted by Crippen LogP contribution is -2.05. The van der Waals surface area contributed by atoms with E-state index in [1.165, 1.54) is 5.56 Å². The molecule has 0 unspecified atom stereocenters. The zero-order valence-electron chi connectivity index (χ0n) is 16.8. The van der Waals surface area contributed by atoms with Crippen LogP contribution in [0.15, 0.2) is 79.3 Å². The predicted octanol–water partition coefficient (Wildman–Crippen LogP) is 5.32. The van der Waals surface area contributed by atoms with Gasteiger partial charge in [-0.05, 0) is 49.8 Å². The molecule has 0 bridgehead atoms. The Morgan fingerprint density at radius 2 is 1.77 bits per heavy atom. The second-order valence-corrected chi connectivity index (χ2v) is 7.42. The van der Waals surface area contributed by atoms with Crippen molar-refractivity contribution < 1.29 is 4.79 Å². The average Bonchev–Trinajstić information content (AvgIpc) is 3.34. The van der Waals surface area contributed by atoms with E-state index in [4.69, 9.17) is 4.98 Å². The van der Waals surface area contributed by atoms with Gasteiger partial charge in [-0.1, -0.05) is 42.0 Å². The van der Waals surface area contributed by atoms with E-state index in [0.717, 1.165) is 39.2 Å². The molecule has 0 amide bonds. The molecule has 0 radical (unpaired) electrons. The molecule has 3 heterocycles. The van der Waals surface area contributed by atoms with E-state index in [1.807, 2.05) is 60.0 Å². The third-order valence-electron chi connectivity index (χ3n) is 5.22. The Morgan fingerprint density at radius 3 is 2.60 bits per heavy atom. The van der Waals surface area contributed by atoms with E-state index in [0.29, 0.717) is 0 Å². The molecular formula is C25H20N4O. The molecule has 0 fully saturated rings. The normalized spacial score (nSPS) is 11.7. The molecule has 0 aliphatic rings. The first kappa shape index (κ1) is 18.1. The number of carbonyl (C=O) groups is 1. The van der Waals surface area contributed by atoms with Crippen LogP contribution in [-0.2, 0) is 0 Å². The van der Waals surface area contributed by atoms with Crippen LogP contribution in [0.1, 0.15) is 21.6 Å². The summed E-state index contributed by atoms with van der Waals surface area (Å²) in [5, 5.41) is 0. The second kappa shape index (κ2) is 7.12. The lowest BCUT2D eigenvalue weighted by molar-refractivity contribution is 0.0974. The second-order valence-electron chi connectivity index (χ2n) is 7.42. The predicted molar refractivity (Wildman–Crippen MR) is 119 cm³/mol. The number of fused-ring (bicyclic) bond motifs is 2. The lowest BCUT2D eigenvalue weighted by atomic mass is 10.1. The van der Waals surface area contributed by atoms with Gasteiger partial charge in [-0.15, -0.1) is 0 Å². The minimum absolute atomic E-state index is 0.152. The Hall–Kier alpha value is -3.99. The smallest absolute Gasteiger partial charge is 0.256 e. The zero-order chi connectivity index (χ0) is 20.7. The van der Waals surface area contributed by atoms with Crippen LogP contribution < -0.4 is 0 Å². The van der Waals surface area contributed by atoms with Gasteiger partial charge in [0.25, 0.3) is 5.91 Å². The molecule has 146 valence electrons.